The zero-order valence-electron chi connectivity index (χ0n) is 11.5. The quantitative estimate of drug-likeness (QED) is 0.649. The lowest BCUT2D eigenvalue weighted by molar-refractivity contribution is 0.688. The van der Waals surface area contributed by atoms with Gasteiger partial charge in [-0.3, -0.25) is 0 Å². The number of rotatable bonds is 5. The van der Waals surface area contributed by atoms with Crippen molar-refractivity contribution < 1.29 is 0 Å². The van der Waals surface area contributed by atoms with Crippen LogP contribution in [0.1, 0.15) is 11.1 Å². The van der Waals surface area contributed by atoms with Gasteiger partial charge >= 0.3 is 0 Å². The van der Waals surface area contributed by atoms with Gasteiger partial charge in [0.2, 0.25) is 0 Å². The predicted octanol–water partition coefficient (Wildman–Crippen LogP) is 4.81. The average molecular weight is 319 g/mol. The lowest BCUT2D eigenvalue weighted by Gasteiger charge is -2.07. The Morgan fingerprint density at radius 3 is 2.76 bits per heavy atom. The van der Waals surface area contributed by atoms with Crippen molar-refractivity contribution in [3.05, 3.63) is 69.8 Å². The van der Waals surface area contributed by atoms with E-state index in [0.29, 0.717) is 5.02 Å². The molecule has 4 heteroatoms. The van der Waals surface area contributed by atoms with Crippen molar-refractivity contribution in [2.75, 3.05) is 6.54 Å². The Morgan fingerprint density at radius 1 is 1.00 bits per heavy atom. The number of fused-ring (bicyclic) bond motifs is 1. The van der Waals surface area contributed by atoms with Crippen LogP contribution in [0, 0.1) is 0 Å². The SMILES string of the molecule is Clc1ccc(Cl)c(CNCCc2c[nH]c3ccccc23)c1. The van der Waals surface area contributed by atoms with Crippen molar-refractivity contribution in [2.45, 2.75) is 13.0 Å². The molecule has 2 nitrogen and oxygen atoms in total. The summed E-state index contributed by atoms with van der Waals surface area (Å²) in [7, 11) is 0. The summed E-state index contributed by atoms with van der Waals surface area (Å²) in [6, 6.07) is 13.9. The van der Waals surface area contributed by atoms with Crippen LogP contribution < -0.4 is 5.32 Å². The van der Waals surface area contributed by atoms with Crippen LogP contribution in [0.5, 0.6) is 0 Å². The molecule has 108 valence electrons. The van der Waals surface area contributed by atoms with Crippen molar-refractivity contribution in [1.82, 2.24) is 10.3 Å². The third kappa shape index (κ3) is 3.41. The van der Waals surface area contributed by atoms with Gasteiger partial charge in [0, 0.05) is 33.7 Å². The van der Waals surface area contributed by atoms with E-state index in [9.17, 15) is 0 Å². The summed E-state index contributed by atoms with van der Waals surface area (Å²) >= 11 is 12.1. The molecule has 3 aromatic rings. The van der Waals surface area contributed by atoms with Crippen molar-refractivity contribution in [2.24, 2.45) is 0 Å². The van der Waals surface area contributed by atoms with Gasteiger partial charge in [-0.25, -0.2) is 0 Å². The molecule has 0 atom stereocenters. The molecule has 3 rings (SSSR count). The fourth-order valence-corrected chi connectivity index (χ4v) is 2.84. The van der Waals surface area contributed by atoms with Gasteiger partial charge in [0.1, 0.15) is 0 Å². The van der Waals surface area contributed by atoms with Crippen LogP contribution in [0.2, 0.25) is 10.0 Å². The fraction of sp³-hybridized carbons (Fsp3) is 0.176. The van der Waals surface area contributed by atoms with Gasteiger partial charge in [-0.1, -0.05) is 41.4 Å². The van der Waals surface area contributed by atoms with Crippen molar-refractivity contribution in [3.8, 4) is 0 Å². The van der Waals surface area contributed by atoms with Crippen molar-refractivity contribution in [3.63, 3.8) is 0 Å². The number of benzene rings is 2. The second kappa shape index (κ2) is 6.52. The first kappa shape index (κ1) is 14.5. The molecule has 2 N–H and O–H groups in total. The van der Waals surface area contributed by atoms with E-state index < -0.39 is 0 Å². The molecular formula is C17H16Cl2N2. The van der Waals surface area contributed by atoms with E-state index in [2.05, 4.69) is 34.7 Å². The standard InChI is InChI=1S/C17H16Cl2N2/c18-14-5-6-16(19)13(9-14)10-20-8-7-12-11-21-17-4-2-1-3-15(12)17/h1-6,9,11,20-21H,7-8,10H2. The van der Waals surface area contributed by atoms with Crippen LogP contribution in [-0.2, 0) is 13.0 Å². The third-order valence-electron chi connectivity index (χ3n) is 3.57. The molecule has 21 heavy (non-hydrogen) atoms. The summed E-state index contributed by atoms with van der Waals surface area (Å²) in [5.41, 5.74) is 3.55. The maximum absolute atomic E-state index is 6.15. The Hall–Kier alpha value is -1.48. The van der Waals surface area contributed by atoms with Gasteiger partial charge < -0.3 is 10.3 Å². The molecule has 0 aliphatic carbocycles. The molecule has 0 fully saturated rings. The minimum absolute atomic E-state index is 0.716. The summed E-state index contributed by atoms with van der Waals surface area (Å²) < 4.78 is 0. The smallest absolute Gasteiger partial charge is 0.0456 e. The molecule has 0 aliphatic rings. The number of aromatic amines is 1. The van der Waals surface area contributed by atoms with E-state index in [1.807, 2.05) is 18.2 Å². The van der Waals surface area contributed by atoms with E-state index in [0.717, 1.165) is 30.1 Å². The molecular weight excluding hydrogens is 303 g/mol. The Bertz CT molecular complexity index is 749. The molecule has 2 aromatic carbocycles. The Morgan fingerprint density at radius 2 is 1.86 bits per heavy atom. The lowest BCUT2D eigenvalue weighted by Crippen LogP contribution is -2.16. The van der Waals surface area contributed by atoms with Gasteiger partial charge in [0.15, 0.2) is 0 Å². The van der Waals surface area contributed by atoms with Crippen LogP contribution in [0.4, 0.5) is 0 Å². The van der Waals surface area contributed by atoms with Gasteiger partial charge in [-0.15, -0.1) is 0 Å². The first-order chi connectivity index (χ1) is 10.2. The second-order valence-electron chi connectivity index (χ2n) is 5.02. The molecule has 0 saturated heterocycles. The highest BCUT2D eigenvalue weighted by Gasteiger charge is 2.04. The second-order valence-corrected chi connectivity index (χ2v) is 5.87. The summed E-state index contributed by atoms with van der Waals surface area (Å²) in [6.07, 6.45) is 3.06. The van der Waals surface area contributed by atoms with Gasteiger partial charge in [-0.05, 0) is 48.4 Å². The highest BCUT2D eigenvalue weighted by molar-refractivity contribution is 6.33. The van der Waals surface area contributed by atoms with Crippen LogP contribution in [-0.4, -0.2) is 11.5 Å². The van der Waals surface area contributed by atoms with Crippen LogP contribution >= 0.6 is 23.2 Å². The highest BCUT2D eigenvalue weighted by Crippen LogP contribution is 2.21. The highest BCUT2D eigenvalue weighted by atomic mass is 35.5. The summed E-state index contributed by atoms with van der Waals surface area (Å²) in [6.45, 7) is 1.62. The van der Waals surface area contributed by atoms with Gasteiger partial charge in [0.05, 0.1) is 0 Å². The summed E-state index contributed by atoms with van der Waals surface area (Å²) in [5, 5.41) is 6.17. The first-order valence-electron chi connectivity index (χ1n) is 6.93. The normalized spacial score (nSPS) is 11.1. The third-order valence-corrected chi connectivity index (χ3v) is 4.17. The van der Waals surface area contributed by atoms with Crippen LogP contribution in [0.25, 0.3) is 10.9 Å². The molecule has 0 bridgehead atoms. The van der Waals surface area contributed by atoms with Crippen LogP contribution in [0.15, 0.2) is 48.7 Å². The molecule has 1 heterocycles. The number of para-hydroxylation sites is 1. The van der Waals surface area contributed by atoms with E-state index >= 15 is 0 Å². The van der Waals surface area contributed by atoms with Crippen molar-refractivity contribution in [1.29, 1.82) is 0 Å². The molecule has 1 aromatic heterocycles. The summed E-state index contributed by atoms with van der Waals surface area (Å²) in [5.74, 6) is 0. The van der Waals surface area contributed by atoms with E-state index in [-0.39, 0.29) is 0 Å². The monoisotopic (exact) mass is 318 g/mol. The topological polar surface area (TPSA) is 27.8 Å². The number of halogens is 2. The van der Waals surface area contributed by atoms with Crippen molar-refractivity contribution >= 4 is 34.1 Å². The Labute approximate surface area is 134 Å². The fourth-order valence-electron chi connectivity index (χ4n) is 2.46. The molecule has 0 spiro atoms. The Kier molecular flexibility index (Phi) is 4.49. The minimum atomic E-state index is 0.716. The zero-order chi connectivity index (χ0) is 14.7. The number of H-pyrrole nitrogens is 1. The average Bonchev–Trinajstić information content (AvgIpc) is 2.90. The Balaban J connectivity index is 1.58. The lowest BCUT2D eigenvalue weighted by atomic mass is 10.1. The molecule has 0 aliphatic heterocycles. The van der Waals surface area contributed by atoms with E-state index in [1.165, 1.54) is 16.5 Å². The van der Waals surface area contributed by atoms with Gasteiger partial charge in [0.25, 0.3) is 0 Å². The predicted molar refractivity (Wildman–Crippen MR) is 90.2 cm³/mol. The minimum Gasteiger partial charge on any atom is -0.361 e. The molecule has 0 amide bonds. The zero-order valence-corrected chi connectivity index (χ0v) is 13.0. The number of hydrogen-bond acceptors (Lipinski definition) is 1. The van der Waals surface area contributed by atoms with Gasteiger partial charge in [-0.2, -0.15) is 0 Å². The number of hydrogen-bond donors (Lipinski definition) is 2. The first-order valence-corrected chi connectivity index (χ1v) is 7.69. The van der Waals surface area contributed by atoms with Crippen LogP contribution in [0.3, 0.4) is 0 Å². The summed E-state index contributed by atoms with van der Waals surface area (Å²) in [4.78, 5) is 3.30. The maximum atomic E-state index is 6.15. The largest absolute Gasteiger partial charge is 0.361 e. The molecule has 0 saturated carbocycles. The number of nitrogens with one attached hydrogen (secondary N) is 2. The molecule has 0 radical (unpaired) electrons. The van der Waals surface area contributed by atoms with E-state index in [4.69, 9.17) is 23.2 Å². The molecule has 0 unspecified atom stereocenters. The van der Waals surface area contributed by atoms with E-state index in [1.54, 1.807) is 6.07 Å². The maximum Gasteiger partial charge on any atom is 0.0456 e. The number of aromatic nitrogens is 1.